The van der Waals surface area contributed by atoms with Crippen LogP contribution in [0, 0.1) is 0 Å². The second-order valence-electron chi connectivity index (χ2n) is 4.84. The summed E-state index contributed by atoms with van der Waals surface area (Å²) in [5.74, 6) is 0. The fourth-order valence-corrected chi connectivity index (χ4v) is 2.84. The van der Waals surface area contributed by atoms with Crippen LogP contribution >= 0.6 is 28.1 Å². The zero-order valence-electron chi connectivity index (χ0n) is 12.1. The molecule has 1 rings (SSSR count). The molecule has 0 aliphatic heterocycles. The van der Waals surface area contributed by atoms with Crippen molar-refractivity contribution in [2.45, 2.75) is 53.2 Å². The first kappa shape index (κ1) is 16.6. The van der Waals surface area contributed by atoms with Gasteiger partial charge in [0.2, 0.25) is 0 Å². The number of thiocarbonyl (C=S) groups is 1. The lowest BCUT2D eigenvalue weighted by molar-refractivity contribution is 0.237. The monoisotopic (exact) mass is 346 g/mol. The zero-order valence-corrected chi connectivity index (χ0v) is 14.5. The van der Waals surface area contributed by atoms with Crippen LogP contribution in [-0.4, -0.2) is 32.3 Å². The van der Waals surface area contributed by atoms with E-state index in [1.165, 1.54) is 5.69 Å². The molecule has 2 N–H and O–H groups in total. The van der Waals surface area contributed by atoms with Gasteiger partial charge in [0.15, 0.2) is 0 Å². The van der Waals surface area contributed by atoms with Gasteiger partial charge in [-0.15, -0.1) is 0 Å². The standard InChI is InChI=1S/C13H23BrN4S/c1-5-10-13(14)11(18(6-2)16-10)7-17(9(3)4)8-12(15)19/h9H,5-8H2,1-4H3,(H2,15,19). The maximum atomic E-state index is 5.68. The number of hydrogen-bond acceptors (Lipinski definition) is 3. The lowest BCUT2D eigenvalue weighted by Crippen LogP contribution is -2.37. The normalized spacial score (nSPS) is 11.5. The van der Waals surface area contributed by atoms with Gasteiger partial charge in [-0.25, -0.2) is 0 Å². The SMILES string of the molecule is CCc1nn(CC)c(CN(CC(N)=S)C(C)C)c1Br. The van der Waals surface area contributed by atoms with Crippen LogP contribution in [0.3, 0.4) is 0 Å². The van der Waals surface area contributed by atoms with E-state index in [1.807, 2.05) is 0 Å². The Hall–Kier alpha value is -0.460. The Balaban J connectivity index is 3.01. The minimum absolute atomic E-state index is 0.388. The van der Waals surface area contributed by atoms with Gasteiger partial charge in [0.1, 0.15) is 0 Å². The van der Waals surface area contributed by atoms with E-state index < -0.39 is 0 Å². The number of rotatable bonds is 7. The molecule has 108 valence electrons. The van der Waals surface area contributed by atoms with Crippen LogP contribution in [0.25, 0.3) is 0 Å². The van der Waals surface area contributed by atoms with E-state index in [4.69, 9.17) is 18.0 Å². The highest BCUT2D eigenvalue weighted by Gasteiger charge is 2.19. The maximum Gasteiger partial charge on any atom is 0.0870 e. The third-order valence-electron chi connectivity index (χ3n) is 3.14. The van der Waals surface area contributed by atoms with E-state index >= 15 is 0 Å². The van der Waals surface area contributed by atoms with Gasteiger partial charge in [-0.2, -0.15) is 5.10 Å². The second kappa shape index (κ2) is 7.36. The lowest BCUT2D eigenvalue weighted by atomic mass is 10.2. The molecule has 4 nitrogen and oxygen atoms in total. The molecule has 0 aliphatic rings. The van der Waals surface area contributed by atoms with Crippen LogP contribution in [0.15, 0.2) is 4.47 Å². The third-order valence-corrected chi connectivity index (χ3v) is 4.18. The predicted octanol–water partition coefficient (Wildman–Crippen LogP) is 2.72. The quantitative estimate of drug-likeness (QED) is 0.771. The molecule has 0 spiro atoms. The van der Waals surface area contributed by atoms with Crippen molar-refractivity contribution in [1.82, 2.24) is 14.7 Å². The van der Waals surface area contributed by atoms with Crippen LogP contribution in [0.4, 0.5) is 0 Å². The summed E-state index contributed by atoms with van der Waals surface area (Å²) in [6.07, 6.45) is 0.928. The van der Waals surface area contributed by atoms with E-state index in [0.717, 1.165) is 29.7 Å². The van der Waals surface area contributed by atoms with Crippen molar-refractivity contribution in [2.24, 2.45) is 5.73 Å². The van der Waals surface area contributed by atoms with Crippen molar-refractivity contribution in [3.05, 3.63) is 15.9 Å². The Kier molecular flexibility index (Phi) is 6.42. The number of hydrogen-bond donors (Lipinski definition) is 1. The smallest absolute Gasteiger partial charge is 0.0870 e. The minimum Gasteiger partial charge on any atom is -0.392 e. The number of aryl methyl sites for hydroxylation is 2. The summed E-state index contributed by atoms with van der Waals surface area (Å²) < 4.78 is 3.17. The molecule has 1 aromatic rings. The van der Waals surface area contributed by atoms with Crippen molar-refractivity contribution in [2.75, 3.05) is 6.54 Å². The van der Waals surface area contributed by atoms with Crippen LogP contribution in [-0.2, 0) is 19.5 Å². The van der Waals surface area contributed by atoms with E-state index in [9.17, 15) is 0 Å². The Morgan fingerprint density at radius 2 is 2.11 bits per heavy atom. The summed E-state index contributed by atoms with van der Waals surface area (Å²) in [5, 5.41) is 4.62. The second-order valence-corrected chi connectivity index (χ2v) is 6.16. The molecule has 0 atom stereocenters. The summed E-state index contributed by atoms with van der Waals surface area (Å²) in [6.45, 7) is 10.8. The lowest BCUT2D eigenvalue weighted by Gasteiger charge is -2.26. The number of nitrogens with two attached hydrogens (primary N) is 1. The van der Waals surface area contributed by atoms with Gasteiger partial charge in [-0.1, -0.05) is 19.1 Å². The highest BCUT2D eigenvalue weighted by Crippen LogP contribution is 2.24. The first-order valence-corrected chi connectivity index (χ1v) is 7.87. The molecule has 0 aromatic carbocycles. The van der Waals surface area contributed by atoms with Gasteiger partial charge in [0.25, 0.3) is 0 Å². The van der Waals surface area contributed by atoms with E-state index in [-0.39, 0.29) is 0 Å². The van der Waals surface area contributed by atoms with Crippen molar-refractivity contribution < 1.29 is 0 Å². The highest BCUT2D eigenvalue weighted by molar-refractivity contribution is 9.10. The first-order chi connectivity index (χ1) is 8.90. The van der Waals surface area contributed by atoms with Crippen LogP contribution in [0.1, 0.15) is 39.1 Å². The molecule has 0 saturated carbocycles. The summed E-state index contributed by atoms with van der Waals surface area (Å²) in [5.41, 5.74) is 7.99. The Morgan fingerprint density at radius 1 is 1.47 bits per heavy atom. The molecule has 0 radical (unpaired) electrons. The van der Waals surface area contributed by atoms with Gasteiger partial charge in [-0.05, 0) is 43.1 Å². The number of halogens is 1. The molecule has 0 unspecified atom stereocenters. The van der Waals surface area contributed by atoms with Crippen LogP contribution < -0.4 is 5.73 Å². The molecule has 0 saturated heterocycles. The topological polar surface area (TPSA) is 47.1 Å². The van der Waals surface area contributed by atoms with Crippen molar-refractivity contribution in [3.8, 4) is 0 Å². The van der Waals surface area contributed by atoms with Crippen molar-refractivity contribution >= 4 is 33.1 Å². The summed E-state index contributed by atoms with van der Waals surface area (Å²) in [4.78, 5) is 2.79. The van der Waals surface area contributed by atoms with Gasteiger partial charge in [-0.3, -0.25) is 9.58 Å². The third kappa shape index (κ3) is 4.26. The molecule has 0 fully saturated rings. The van der Waals surface area contributed by atoms with Gasteiger partial charge < -0.3 is 5.73 Å². The predicted molar refractivity (Wildman–Crippen MR) is 87.3 cm³/mol. The number of nitrogens with zero attached hydrogens (tertiary/aromatic N) is 3. The molecular formula is C13H23BrN4S. The fourth-order valence-electron chi connectivity index (χ4n) is 1.98. The van der Waals surface area contributed by atoms with E-state index in [0.29, 0.717) is 17.6 Å². The zero-order chi connectivity index (χ0) is 14.6. The van der Waals surface area contributed by atoms with Crippen LogP contribution in [0.2, 0.25) is 0 Å². The van der Waals surface area contributed by atoms with E-state index in [1.54, 1.807) is 0 Å². The van der Waals surface area contributed by atoms with E-state index in [2.05, 4.69) is 58.3 Å². The first-order valence-electron chi connectivity index (χ1n) is 6.67. The molecule has 1 heterocycles. The van der Waals surface area contributed by atoms with Crippen molar-refractivity contribution in [1.29, 1.82) is 0 Å². The molecule has 0 amide bonds. The summed E-state index contributed by atoms with van der Waals surface area (Å²) in [6, 6.07) is 0.388. The Labute approximate surface area is 129 Å². The Bertz CT molecular complexity index is 442. The number of aromatic nitrogens is 2. The average molecular weight is 347 g/mol. The molecule has 19 heavy (non-hydrogen) atoms. The maximum absolute atomic E-state index is 5.68. The van der Waals surface area contributed by atoms with Gasteiger partial charge in [0, 0.05) is 25.7 Å². The van der Waals surface area contributed by atoms with Crippen LogP contribution in [0.5, 0.6) is 0 Å². The molecular weight excluding hydrogens is 324 g/mol. The Morgan fingerprint density at radius 3 is 2.53 bits per heavy atom. The molecule has 6 heteroatoms. The molecule has 0 aliphatic carbocycles. The van der Waals surface area contributed by atoms with Crippen molar-refractivity contribution in [3.63, 3.8) is 0 Å². The summed E-state index contributed by atoms with van der Waals surface area (Å²) in [7, 11) is 0. The molecule has 0 bridgehead atoms. The molecule has 1 aromatic heterocycles. The fraction of sp³-hybridized carbons (Fsp3) is 0.692. The van der Waals surface area contributed by atoms with Gasteiger partial charge >= 0.3 is 0 Å². The minimum atomic E-state index is 0.388. The average Bonchev–Trinajstić information content (AvgIpc) is 2.64. The largest absolute Gasteiger partial charge is 0.392 e. The highest BCUT2D eigenvalue weighted by atomic mass is 79.9. The van der Waals surface area contributed by atoms with Gasteiger partial charge in [0.05, 0.1) is 20.8 Å². The summed E-state index contributed by atoms with van der Waals surface area (Å²) >= 11 is 8.70.